The monoisotopic (exact) mass is 229 g/mol. The Morgan fingerprint density at radius 3 is 1.62 bits per heavy atom. The highest BCUT2D eigenvalue weighted by Gasteiger charge is 2.08. The number of unbranched alkanes of at least 4 members (excludes halogenated alkanes) is 7. The van der Waals surface area contributed by atoms with Gasteiger partial charge in [0.1, 0.15) is 0 Å². The van der Waals surface area contributed by atoms with E-state index >= 15 is 0 Å². The van der Waals surface area contributed by atoms with Gasteiger partial charge in [-0.1, -0.05) is 38.5 Å². The van der Waals surface area contributed by atoms with Crippen LogP contribution in [0.15, 0.2) is 0 Å². The zero-order valence-corrected chi connectivity index (χ0v) is 11.6. The van der Waals surface area contributed by atoms with E-state index in [1.54, 1.807) is 0 Å². The van der Waals surface area contributed by atoms with Crippen LogP contribution in [0.3, 0.4) is 0 Å². The Kier molecular flexibility index (Phi) is 10.0. The van der Waals surface area contributed by atoms with E-state index in [1.165, 1.54) is 51.4 Å². The van der Waals surface area contributed by atoms with Gasteiger partial charge in [-0.3, -0.25) is 0 Å². The summed E-state index contributed by atoms with van der Waals surface area (Å²) in [5.41, 5.74) is 5.48. The second-order valence-corrected chi connectivity index (χ2v) is 5.58. The molecule has 2 nitrogen and oxygen atoms in total. The van der Waals surface area contributed by atoms with Crippen molar-refractivity contribution >= 4 is 0 Å². The van der Waals surface area contributed by atoms with Crippen LogP contribution in [0.25, 0.3) is 0 Å². The first-order valence-corrected chi connectivity index (χ1v) is 6.90. The summed E-state index contributed by atoms with van der Waals surface area (Å²) in [4.78, 5) is 0. The molecule has 0 unspecified atom stereocenters. The predicted molar refractivity (Wildman–Crippen MR) is 71.7 cm³/mol. The SMILES string of the molecule is CC(C)(C)OCCCCCCCCCCN. The molecule has 0 aliphatic heterocycles. The molecule has 0 saturated heterocycles. The van der Waals surface area contributed by atoms with Crippen LogP contribution in [0, 0.1) is 0 Å². The fourth-order valence-electron chi connectivity index (χ4n) is 1.69. The lowest BCUT2D eigenvalue weighted by Crippen LogP contribution is -2.19. The molecule has 0 spiro atoms. The van der Waals surface area contributed by atoms with Gasteiger partial charge >= 0.3 is 0 Å². The molecule has 16 heavy (non-hydrogen) atoms. The minimum absolute atomic E-state index is 0.0300. The van der Waals surface area contributed by atoms with Gasteiger partial charge in [-0.25, -0.2) is 0 Å². The second kappa shape index (κ2) is 10.1. The Morgan fingerprint density at radius 2 is 1.19 bits per heavy atom. The second-order valence-electron chi connectivity index (χ2n) is 5.58. The van der Waals surface area contributed by atoms with E-state index < -0.39 is 0 Å². The summed E-state index contributed by atoms with van der Waals surface area (Å²) in [5.74, 6) is 0. The van der Waals surface area contributed by atoms with E-state index in [9.17, 15) is 0 Å². The van der Waals surface area contributed by atoms with Crippen molar-refractivity contribution in [1.82, 2.24) is 0 Å². The lowest BCUT2D eigenvalue weighted by Gasteiger charge is -2.19. The fourth-order valence-corrected chi connectivity index (χ4v) is 1.69. The largest absolute Gasteiger partial charge is 0.376 e. The third-order valence-electron chi connectivity index (χ3n) is 2.63. The summed E-state index contributed by atoms with van der Waals surface area (Å²) in [6, 6.07) is 0. The Morgan fingerprint density at radius 1 is 0.750 bits per heavy atom. The fraction of sp³-hybridized carbons (Fsp3) is 1.00. The quantitative estimate of drug-likeness (QED) is 0.577. The van der Waals surface area contributed by atoms with Crippen molar-refractivity contribution in [2.45, 2.75) is 77.7 Å². The van der Waals surface area contributed by atoms with Gasteiger partial charge in [0, 0.05) is 6.61 Å². The maximum atomic E-state index is 5.68. The summed E-state index contributed by atoms with van der Waals surface area (Å²) < 4.78 is 5.68. The van der Waals surface area contributed by atoms with E-state index in [4.69, 9.17) is 10.5 Å². The number of hydrogen-bond acceptors (Lipinski definition) is 2. The van der Waals surface area contributed by atoms with Gasteiger partial charge in [0.2, 0.25) is 0 Å². The lowest BCUT2D eigenvalue weighted by atomic mass is 10.1. The molecule has 0 aromatic rings. The molecule has 0 saturated carbocycles. The zero-order chi connectivity index (χ0) is 12.3. The minimum Gasteiger partial charge on any atom is -0.376 e. The average molecular weight is 229 g/mol. The molecule has 0 aromatic heterocycles. The molecule has 0 radical (unpaired) electrons. The molecule has 0 aliphatic carbocycles. The van der Waals surface area contributed by atoms with Crippen molar-refractivity contribution in [2.24, 2.45) is 5.73 Å². The summed E-state index contributed by atoms with van der Waals surface area (Å²) >= 11 is 0. The topological polar surface area (TPSA) is 35.2 Å². The van der Waals surface area contributed by atoms with Gasteiger partial charge in [0.05, 0.1) is 5.60 Å². The Hall–Kier alpha value is -0.0800. The zero-order valence-electron chi connectivity index (χ0n) is 11.6. The molecule has 2 heteroatoms. The van der Waals surface area contributed by atoms with Crippen molar-refractivity contribution < 1.29 is 4.74 Å². The molecular formula is C14H31NO. The van der Waals surface area contributed by atoms with E-state index in [-0.39, 0.29) is 5.60 Å². The van der Waals surface area contributed by atoms with Crippen LogP contribution >= 0.6 is 0 Å². The Balaban J connectivity index is 2.99. The van der Waals surface area contributed by atoms with Gasteiger partial charge < -0.3 is 10.5 Å². The molecule has 0 aromatic carbocycles. The van der Waals surface area contributed by atoms with Crippen LogP contribution in [-0.2, 0) is 4.74 Å². The van der Waals surface area contributed by atoms with Crippen molar-refractivity contribution in [1.29, 1.82) is 0 Å². The lowest BCUT2D eigenvalue weighted by molar-refractivity contribution is -0.00474. The highest BCUT2D eigenvalue weighted by atomic mass is 16.5. The van der Waals surface area contributed by atoms with Gasteiger partial charge in [-0.05, 0) is 40.2 Å². The van der Waals surface area contributed by atoms with Crippen LogP contribution in [0.2, 0.25) is 0 Å². The molecule has 98 valence electrons. The normalized spacial score (nSPS) is 12.0. The van der Waals surface area contributed by atoms with Crippen LogP contribution in [0.1, 0.15) is 72.1 Å². The van der Waals surface area contributed by atoms with Gasteiger partial charge in [-0.2, -0.15) is 0 Å². The van der Waals surface area contributed by atoms with Crippen LogP contribution < -0.4 is 5.73 Å². The average Bonchev–Trinajstić information content (AvgIpc) is 2.19. The molecule has 0 bridgehead atoms. The Labute approximate surface area is 102 Å². The van der Waals surface area contributed by atoms with Crippen LogP contribution in [0.4, 0.5) is 0 Å². The highest BCUT2D eigenvalue weighted by molar-refractivity contribution is 4.58. The van der Waals surface area contributed by atoms with Gasteiger partial charge in [0.25, 0.3) is 0 Å². The van der Waals surface area contributed by atoms with Crippen LogP contribution in [-0.4, -0.2) is 18.8 Å². The Bertz CT molecular complexity index is 140. The molecular weight excluding hydrogens is 198 g/mol. The van der Waals surface area contributed by atoms with Gasteiger partial charge in [0.15, 0.2) is 0 Å². The van der Waals surface area contributed by atoms with Crippen molar-refractivity contribution in [3.05, 3.63) is 0 Å². The summed E-state index contributed by atoms with van der Waals surface area (Å²) in [7, 11) is 0. The number of nitrogens with two attached hydrogens (primary N) is 1. The third kappa shape index (κ3) is 13.9. The van der Waals surface area contributed by atoms with Crippen molar-refractivity contribution in [2.75, 3.05) is 13.2 Å². The minimum atomic E-state index is 0.0300. The van der Waals surface area contributed by atoms with Crippen LogP contribution in [0.5, 0.6) is 0 Å². The number of ether oxygens (including phenoxy) is 1. The van der Waals surface area contributed by atoms with E-state index in [0.717, 1.165) is 13.2 Å². The summed E-state index contributed by atoms with van der Waals surface area (Å²) in [6.07, 6.45) is 10.5. The molecule has 0 atom stereocenters. The summed E-state index contributed by atoms with van der Waals surface area (Å²) in [6.45, 7) is 8.11. The molecule has 0 amide bonds. The standard InChI is InChI=1S/C14H31NO/c1-14(2,3)16-13-11-9-7-5-4-6-8-10-12-15/h4-13,15H2,1-3H3. The maximum absolute atomic E-state index is 5.68. The van der Waals surface area contributed by atoms with Crippen molar-refractivity contribution in [3.8, 4) is 0 Å². The van der Waals surface area contributed by atoms with E-state index in [1.807, 2.05) is 0 Å². The maximum Gasteiger partial charge on any atom is 0.0598 e. The summed E-state index contributed by atoms with van der Waals surface area (Å²) in [5, 5.41) is 0. The smallest absolute Gasteiger partial charge is 0.0598 e. The first-order valence-electron chi connectivity index (χ1n) is 6.90. The third-order valence-corrected chi connectivity index (χ3v) is 2.63. The first-order chi connectivity index (χ1) is 7.56. The molecule has 0 fully saturated rings. The van der Waals surface area contributed by atoms with E-state index in [2.05, 4.69) is 20.8 Å². The number of hydrogen-bond donors (Lipinski definition) is 1. The molecule has 0 rings (SSSR count). The highest BCUT2D eigenvalue weighted by Crippen LogP contribution is 2.11. The number of rotatable bonds is 10. The predicted octanol–water partition coefficient (Wildman–Crippen LogP) is 3.88. The molecule has 0 aliphatic rings. The van der Waals surface area contributed by atoms with Crippen molar-refractivity contribution in [3.63, 3.8) is 0 Å². The molecule has 2 N–H and O–H groups in total. The first kappa shape index (κ1) is 15.9. The van der Waals surface area contributed by atoms with E-state index in [0.29, 0.717) is 0 Å². The molecule has 0 heterocycles. The van der Waals surface area contributed by atoms with Gasteiger partial charge in [-0.15, -0.1) is 0 Å².